The predicted octanol–water partition coefficient (Wildman–Crippen LogP) is 2.95. The monoisotopic (exact) mass is 389 g/mol. The lowest BCUT2D eigenvalue weighted by Crippen LogP contribution is -2.32. The predicted molar refractivity (Wildman–Crippen MR) is 107 cm³/mol. The van der Waals surface area contributed by atoms with Crippen LogP contribution in [-0.2, 0) is 17.8 Å². The van der Waals surface area contributed by atoms with Crippen molar-refractivity contribution in [3.05, 3.63) is 51.9 Å². The molecule has 0 spiro atoms. The SMILES string of the molecule is CC(C)NC(=O)CSc1nc2c(c(=O)n1Cc1ccccc1)SC(C)C2. The van der Waals surface area contributed by atoms with Gasteiger partial charge < -0.3 is 5.32 Å². The van der Waals surface area contributed by atoms with Crippen LogP contribution in [-0.4, -0.2) is 32.5 Å². The fraction of sp³-hybridized carbons (Fsp3) is 0.421. The third kappa shape index (κ3) is 4.51. The molecule has 5 nitrogen and oxygen atoms in total. The van der Waals surface area contributed by atoms with Crippen LogP contribution < -0.4 is 10.9 Å². The summed E-state index contributed by atoms with van der Waals surface area (Å²) in [6.07, 6.45) is 0.799. The number of rotatable bonds is 6. The molecule has 0 saturated heterocycles. The first-order chi connectivity index (χ1) is 12.4. The number of nitrogens with one attached hydrogen (secondary N) is 1. The lowest BCUT2D eigenvalue weighted by Gasteiger charge is -2.14. The fourth-order valence-electron chi connectivity index (χ4n) is 2.84. The van der Waals surface area contributed by atoms with Crippen LogP contribution in [0.3, 0.4) is 0 Å². The van der Waals surface area contributed by atoms with Gasteiger partial charge in [-0.15, -0.1) is 11.8 Å². The molecule has 0 aliphatic carbocycles. The van der Waals surface area contributed by atoms with Gasteiger partial charge in [0.1, 0.15) is 0 Å². The zero-order chi connectivity index (χ0) is 18.7. The van der Waals surface area contributed by atoms with Gasteiger partial charge in [0.15, 0.2) is 5.16 Å². The number of hydrogen-bond acceptors (Lipinski definition) is 5. The van der Waals surface area contributed by atoms with Crippen LogP contribution >= 0.6 is 23.5 Å². The van der Waals surface area contributed by atoms with E-state index < -0.39 is 0 Å². The molecule has 26 heavy (non-hydrogen) atoms. The molecule has 1 amide bonds. The Labute approximate surface area is 162 Å². The normalized spacial score (nSPS) is 15.9. The van der Waals surface area contributed by atoms with Crippen LogP contribution in [0.25, 0.3) is 0 Å². The molecule has 2 aromatic rings. The maximum atomic E-state index is 13.0. The number of hydrogen-bond donors (Lipinski definition) is 1. The van der Waals surface area contributed by atoms with E-state index in [4.69, 9.17) is 4.98 Å². The molecule has 7 heteroatoms. The van der Waals surface area contributed by atoms with Crippen molar-refractivity contribution >= 4 is 29.4 Å². The zero-order valence-corrected chi connectivity index (χ0v) is 16.8. The van der Waals surface area contributed by atoms with Crippen molar-refractivity contribution in [1.29, 1.82) is 0 Å². The van der Waals surface area contributed by atoms with Crippen molar-refractivity contribution in [2.45, 2.75) is 55.1 Å². The minimum atomic E-state index is -0.0475. The Morgan fingerprint density at radius 2 is 2.12 bits per heavy atom. The summed E-state index contributed by atoms with van der Waals surface area (Å²) in [4.78, 5) is 30.5. The van der Waals surface area contributed by atoms with Crippen molar-refractivity contribution in [2.24, 2.45) is 0 Å². The minimum Gasteiger partial charge on any atom is -0.353 e. The zero-order valence-electron chi connectivity index (χ0n) is 15.2. The highest BCUT2D eigenvalue weighted by Gasteiger charge is 2.26. The Bertz CT molecular complexity index is 850. The molecular formula is C19H23N3O2S2. The van der Waals surface area contributed by atoms with Crippen LogP contribution in [0.2, 0.25) is 0 Å². The molecule has 1 unspecified atom stereocenters. The first-order valence-electron chi connectivity index (χ1n) is 8.70. The van der Waals surface area contributed by atoms with E-state index in [9.17, 15) is 9.59 Å². The summed E-state index contributed by atoms with van der Waals surface area (Å²) in [7, 11) is 0. The van der Waals surface area contributed by atoms with Crippen LogP contribution in [0.1, 0.15) is 32.0 Å². The quantitative estimate of drug-likeness (QED) is 0.608. The summed E-state index contributed by atoms with van der Waals surface area (Å²) in [5.74, 6) is 0.203. The van der Waals surface area contributed by atoms with Gasteiger partial charge in [0.2, 0.25) is 5.91 Å². The second-order valence-electron chi connectivity index (χ2n) is 6.69. The van der Waals surface area contributed by atoms with Gasteiger partial charge in [-0.1, -0.05) is 49.0 Å². The lowest BCUT2D eigenvalue weighted by atomic mass is 10.2. The minimum absolute atomic E-state index is 0.0000270. The van der Waals surface area contributed by atoms with Gasteiger partial charge in [0.25, 0.3) is 5.56 Å². The van der Waals surface area contributed by atoms with Crippen molar-refractivity contribution in [3.63, 3.8) is 0 Å². The number of amides is 1. The summed E-state index contributed by atoms with van der Waals surface area (Å²) >= 11 is 2.93. The molecule has 3 rings (SSSR count). The molecule has 2 heterocycles. The molecule has 1 aliphatic rings. The van der Waals surface area contributed by atoms with Gasteiger partial charge in [-0.05, 0) is 19.4 Å². The number of benzene rings is 1. The smallest absolute Gasteiger partial charge is 0.268 e. The van der Waals surface area contributed by atoms with E-state index in [-0.39, 0.29) is 23.3 Å². The van der Waals surface area contributed by atoms with Gasteiger partial charge in [-0.2, -0.15) is 0 Å². The number of aromatic nitrogens is 2. The first kappa shape index (κ1) is 19.0. The fourth-order valence-corrected chi connectivity index (χ4v) is 4.78. The summed E-state index contributed by atoms with van der Waals surface area (Å²) in [5.41, 5.74) is 1.91. The van der Waals surface area contributed by atoms with Crippen molar-refractivity contribution in [2.75, 3.05) is 5.75 Å². The van der Waals surface area contributed by atoms with Gasteiger partial charge >= 0.3 is 0 Å². The largest absolute Gasteiger partial charge is 0.353 e. The van der Waals surface area contributed by atoms with Crippen LogP contribution in [0.4, 0.5) is 0 Å². The molecule has 0 radical (unpaired) electrons. The second kappa shape index (κ2) is 8.31. The van der Waals surface area contributed by atoms with Gasteiger partial charge in [0, 0.05) is 17.7 Å². The van der Waals surface area contributed by atoms with E-state index >= 15 is 0 Å². The Kier molecular flexibility index (Phi) is 6.09. The molecule has 1 aromatic heterocycles. The average Bonchev–Trinajstić information content (AvgIpc) is 2.97. The number of nitrogens with zero attached hydrogens (tertiary/aromatic N) is 2. The summed E-state index contributed by atoms with van der Waals surface area (Å²) in [6.45, 7) is 6.43. The van der Waals surface area contributed by atoms with Crippen LogP contribution in [0, 0.1) is 0 Å². The maximum Gasteiger partial charge on any atom is 0.268 e. The number of carbonyl (C=O) groups is 1. The topological polar surface area (TPSA) is 64.0 Å². The first-order valence-corrected chi connectivity index (χ1v) is 10.6. The Hall–Kier alpha value is -1.73. The van der Waals surface area contributed by atoms with Crippen molar-refractivity contribution in [3.8, 4) is 0 Å². The molecule has 0 fully saturated rings. The van der Waals surface area contributed by atoms with Gasteiger partial charge in [-0.25, -0.2) is 4.98 Å². The number of carbonyl (C=O) groups excluding carboxylic acids is 1. The van der Waals surface area contributed by atoms with Crippen molar-refractivity contribution in [1.82, 2.24) is 14.9 Å². The van der Waals surface area contributed by atoms with Crippen LogP contribution in [0.5, 0.6) is 0 Å². The van der Waals surface area contributed by atoms with E-state index in [0.717, 1.165) is 22.6 Å². The van der Waals surface area contributed by atoms with Gasteiger partial charge in [0.05, 0.1) is 22.9 Å². The molecule has 1 atom stereocenters. The second-order valence-corrected chi connectivity index (χ2v) is 9.08. The Morgan fingerprint density at radius 3 is 2.81 bits per heavy atom. The van der Waals surface area contributed by atoms with Gasteiger partial charge in [-0.3, -0.25) is 14.2 Å². The standard InChI is InChI=1S/C19H23N3O2S2/c1-12(2)20-16(23)11-25-19-21-15-9-13(3)26-17(15)18(24)22(19)10-14-7-5-4-6-8-14/h4-8,12-13H,9-11H2,1-3H3,(H,20,23). The average molecular weight is 390 g/mol. The van der Waals surface area contributed by atoms with Crippen molar-refractivity contribution < 1.29 is 4.79 Å². The lowest BCUT2D eigenvalue weighted by molar-refractivity contribution is -0.119. The molecule has 1 N–H and O–H groups in total. The third-order valence-electron chi connectivity index (χ3n) is 3.93. The summed E-state index contributed by atoms with van der Waals surface area (Å²) in [5, 5.41) is 3.85. The highest BCUT2D eigenvalue weighted by molar-refractivity contribution is 8.00. The molecule has 1 aromatic carbocycles. The van der Waals surface area contributed by atoms with E-state index in [1.54, 1.807) is 16.3 Å². The van der Waals surface area contributed by atoms with E-state index in [0.29, 0.717) is 17.0 Å². The Balaban J connectivity index is 1.91. The van der Waals surface area contributed by atoms with E-state index in [2.05, 4.69) is 12.2 Å². The molecule has 138 valence electrons. The molecule has 0 saturated carbocycles. The molecule has 0 bridgehead atoms. The number of fused-ring (bicyclic) bond motifs is 1. The van der Waals surface area contributed by atoms with E-state index in [1.165, 1.54) is 11.8 Å². The molecular weight excluding hydrogens is 366 g/mol. The highest BCUT2D eigenvalue weighted by Crippen LogP contribution is 2.34. The van der Waals surface area contributed by atoms with E-state index in [1.807, 2.05) is 44.2 Å². The summed E-state index contributed by atoms with van der Waals surface area (Å²) < 4.78 is 1.70. The Morgan fingerprint density at radius 1 is 1.38 bits per heavy atom. The maximum absolute atomic E-state index is 13.0. The molecule has 1 aliphatic heterocycles. The highest BCUT2D eigenvalue weighted by atomic mass is 32.2. The third-order valence-corrected chi connectivity index (χ3v) is 6.12. The number of thioether (sulfide) groups is 2. The van der Waals surface area contributed by atoms with Crippen LogP contribution in [0.15, 0.2) is 45.2 Å². The summed E-state index contributed by atoms with van der Waals surface area (Å²) in [6, 6.07) is 9.96.